The van der Waals surface area contributed by atoms with Crippen LogP contribution in [0, 0.1) is 0 Å². The number of piperazine rings is 1. The highest BCUT2D eigenvalue weighted by Crippen LogP contribution is 2.34. The number of aryl methyl sites for hydroxylation is 1. The summed E-state index contributed by atoms with van der Waals surface area (Å²) in [7, 11) is 0. The summed E-state index contributed by atoms with van der Waals surface area (Å²) in [6, 6.07) is 9.37. The molecule has 1 saturated heterocycles. The van der Waals surface area contributed by atoms with Crippen molar-refractivity contribution >= 4 is 51.0 Å². The molecular formula is C23H26N4O4S2. The van der Waals surface area contributed by atoms with Gasteiger partial charge in [-0.3, -0.25) is 9.59 Å². The monoisotopic (exact) mass is 486 g/mol. The number of hydrogen-bond acceptors (Lipinski definition) is 8. The summed E-state index contributed by atoms with van der Waals surface area (Å²) >= 11 is 2.75. The maximum atomic E-state index is 13.0. The molecule has 174 valence electrons. The van der Waals surface area contributed by atoms with Crippen LogP contribution >= 0.6 is 23.1 Å². The number of aliphatic carboxylic acids is 1. The second-order valence-electron chi connectivity index (χ2n) is 7.53. The molecule has 8 nitrogen and oxygen atoms in total. The minimum Gasteiger partial charge on any atom is -0.494 e. The van der Waals surface area contributed by atoms with E-state index in [1.54, 1.807) is 23.5 Å². The first-order valence-electron chi connectivity index (χ1n) is 10.9. The molecule has 1 amide bonds. The quantitative estimate of drug-likeness (QED) is 0.380. The third-order valence-corrected chi connectivity index (χ3v) is 7.36. The molecule has 10 heteroatoms. The number of thiophene rings is 1. The van der Waals surface area contributed by atoms with Crippen LogP contribution in [-0.4, -0.2) is 70.4 Å². The summed E-state index contributed by atoms with van der Waals surface area (Å²) in [5.41, 5.74) is 0.647. The van der Waals surface area contributed by atoms with Crippen molar-refractivity contribution in [1.82, 2.24) is 14.9 Å². The Hall–Kier alpha value is -2.85. The minimum atomic E-state index is -0.896. The zero-order valence-corrected chi connectivity index (χ0v) is 20.2. The number of benzene rings is 1. The highest BCUT2D eigenvalue weighted by molar-refractivity contribution is 7.99. The van der Waals surface area contributed by atoms with E-state index in [0.29, 0.717) is 43.5 Å². The van der Waals surface area contributed by atoms with E-state index in [9.17, 15) is 9.59 Å². The van der Waals surface area contributed by atoms with E-state index < -0.39 is 5.97 Å². The minimum absolute atomic E-state index is 0.00652. The molecule has 1 aliphatic heterocycles. The Labute approximate surface area is 200 Å². The summed E-state index contributed by atoms with van der Waals surface area (Å²) in [4.78, 5) is 39.4. The number of rotatable bonds is 8. The van der Waals surface area contributed by atoms with Gasteiger partial charge in [0.25, 0.3) is 5.91 Å². The topological polar surface area (TPSA) is 95.9 Å². The fraction of sp³-hybridized carbons (Fsp3) is 0.391. The van der Waals surface area contributed by atoms with Gasteiger partial charge < -0.3 is 19.6 Å². The lowest BCUT2D eigenvalue weighted by Crippen LogP contribution is -2.49. The lowest BCUT2D eigenvalue weighted by molar-refractivity contribution is -0.133. The fourth-order valence-electron chi connectivity index (χ4n) is 3.71. The van der Waals surface area contributed by atoms with Gasteiger partial charge in [-0.1, -0.05) is 18.7 Å². The van der Waals surface area contributed by atoms with Crippen molar-refractivity contribution in [2.45, 2.75) is 25.4 Å². The molecule has 4 rings (SSSR count). The van der Waals surface area contributed by atoms with E-state index in [1.807, 2.05) is 24.0 Å². The van der Waals surface area contributed by atoms with E-state index >= 15 is 0 Å². The van der Waals surface area contributed by atoms with E-state index in [1.165, 1.54) is 4.88 Å². The number of carbonyl (C=O) groups excluding carboxylic acids is 1. The number of ether oxygens (including phenoxy) is 1. The smallest absolute Gasteiger partial charge is 0.313 e. The highest BCUT2D eigenvalue weighted by atomic mass is 32.2. The van der Waals surface area contributed by atoms with Gasteiger partial charge in [0.2, 0.25) is 0 Å². The Morgan fingerprint density at radius 3 is 2.48 bits per heavy atom. The van der Waals surface area contributed by atoms with Gasteiger partial charge in [0.15, 0.2) is 5.16 Å². The van der Waals surface area contributed by atoms with Crippen molar-refractivity contribution in [3.05, 3.63) is 40.8 Å². The molecule has 0 unspecified atom stereocenters. The van der Waals surface area contributed by atoms with Crippen LogP contribution in [0.15, 0.2) is 35.5 Å². The van der Waals surface area contributed by atoms with Gasteiger partial charge in [0, 0.05) is 36.6 Å². The number of aromatic nitrogens is 2. The van der Waals surface area contributed by atoms with Crippen LogP contribution in [0.3, 0.4) is 0 Å². The van der Waals surface area contributed by atoms with Gasteiger partial charge in [0.05, 0.1) is 17.7 Å². The first-order chi connectivity index (χ1) is 16.0. The maximum Gasteiger partial charge on any atom is 0.313 e. The van der Waals surface area contributed by atoms with Gasteiger partial charge in [-0.15, -0.1) is 11.3 Å². The third-order valence-electron chi connectivity index (χ3n) is 5.36. The van der Waals surface area contributed by atoms with Crippen LogP contribution < -0.4 is 9.64 Å². The number of amides is 1. The van der Waals surface area contributed by atoms with Crippen LogP contribution in [0.25, 0.3) is 10.2 Å². The van der Waals surface area contributed by atoms with Crippen molar-refractivity contribution in [2.75, 3.05) is 43.4 Å². The van der Waals surface area contributed by atoms with Crippen molar-refractivity contribution in [3.8, 4) is 5.75 Å². The van der Waals surface area contributed by atoms with Crippen LogP contribution in [0.5, 0.6) is 5.75 Å². The molecule has 1 aromatic carbocycles. The Morgan fingerprint density at radius 1 is 1.12 bits per heavy atom. The van der Waals surface area contributed by atoms with Gasteiger partial charge in [-0.2, -0.15) is 0 Å². The summed E-state index contributed by atoms with van der Waals surface area (Å²) in [5.74, 6) is 0.600. The molecule has 0 atom stereocenters. The molecule has 3 aromatic rings. The average molecular weight is 487 g/mol. The van der Waals surface area contributed by atoms with Gasteiger partial charge in [-0.05, 0) is 43.7 Å². The molecule has 0 bridgehead atoms. The molecule has 33 heavy (non-hydrogen) atoms. The molecule has 1 N–H and O–H groups in total. The largest absolute Gasteiger partial charge is 0.494 e. The summed E-state index contributed by atoms with van der Waals surface area (Å²) in [6.07, 6.45) is 0.905. The van der Waals surface area contributed by atoms with E-state index in [-0.39, 0.29) is 11.7 Å². The van der Waals surface area contributed by atoms with Crippen LogP contribution in [0.4, 0.5) is 5.82 Å². The van der Waals surface area contributed by atoms with Crippen molar-refractivity contribution in [1.29, 1.82) is 0 Å². The number of thioether (sulfide) groups is 1. The molecule has 0 aliphatic carbocycles. The van der Waals surface area contributed by atoms with Crippen LogP contribution in [-0.2, 0) is 11.2 Å². The molecule has 1 aliphatic rings. The number of anilines is 1. The third kappa shape index (κ3) is 5.39. The first-order valence-corrected chi connectivity index (χ1v) is 12.7. The number of carboxylic acids is 1. The molecule has 3 heterocycles. The standard InChI is InChI=1S/C23H26N4O4S2/c1-3-17-13-18-20(24-23(25-21(18)33-17)32-14-19(28)29)26-9-11-27(12-10-26)22(30)15-5-7-16(8-6-15)31-4-2/h5-8,13H,3-4,9-12,14H2,1-2H3,(H,28,29). The lowest BCUT2D eigenvalue weighted by atomic mass is 10.1. The molecule has 0 saturated carbocycles. The van der Waals surface area contributed by atoms with Gasteiger partial charge in [-0.25, -0.2) is 9.97 Å². The lowest BCUT2D eigenvalue weighted by Gasteiger charge is -2.35. The van der Waals surface area contributed by atoms with Crippen LogP contribution in [0.2, 0.25) is 0 Å². The summed E-state index contributed by atoms with van der Waals surface area (Å²) in [5, 5.41) is 10.5. The molecule has 0 spiro atoms. The Kier molecular flexibility index (Phi) is 7.34. The van der Waals surface area contributed by atoms with E-state index in [2.05, 4.69) is 22.9 Å². The Morgan fingerprint density at radius 2 is 1.85 bits per heavy atom. The maximum absolute atomic E-state index is 13.0. The Balaban J connectivity index is 1.50. The number of hydrogen-bond donors (Lipinski definition) is 1. The molecular weight excluding hydrogens is 460 g/mol. The number of nitrogens with zero attached hydrogens (tertiary/aromatic N) is 4. The first kappa shape index (κ1) is 23.3. The van der Waals surface area contributed by atoms with Gasteiger partial charge in [0.1, 0.15) is 16.4 Å². The summed E-state index contributed by atoms with van der Waals surface area (Å²) < 4.78 is 5.46. The zero-order chi connectivity index (χ0) is 23.4. The predicted molar refractivity (Wildman–Crippen MR) is 131 cm³/mol. The number of carbonyl (C=O) groups is 2. The van der Waals surface area contributed by atoms with E-state index in [4.69, 9.17) is 14.8 Å². The van der Waals surface area contributed by atoms with Gasteiger partial charge >= 0.3 is 5.97 Å². The molecule has 2 aromatic heterocycles. The predicted octanol–water partition coefficient (Wildman–Crippen LogP) is 3.79. The normalized spacial score (nSPS) is 14.0. The molecule has 0 radical (unpaired) electrons. The van der Waals surface area contributed by atoms with E-state index in [0.717, 1.165) is 40.0 Å². The Bertz CT molecular complexity index is 1140. The number of fused-ring (bicyclic) bond motifs is 1. The van der Waals surface area contributed by atoms with Crippen molar-refractivity contribution in [2.24, 2.45) is 0 Å². The van der Waals surface area contributed by atoms with Crippen molar-refractivity contribution in [3.63, 3.8) is 0 Å². The van der Waals surface area contributed by atoms with Crippen LogP contribution in [0.1, 0.15) is 29.1 Å². The second-order valence-corrected chi connectivity index (χ2v) is 9.59. The highest BCUT2D eigenvalue weighted by Gasteiger charge is 2.25. The average Bonchev–Trinajstić information content (AvgIpc) is 3.26. The SMILES string of the molecule is CCOc1ccc(C(=O)N2CCN(c3nc(SCC(=O)O)nc4sc(CC)cc34)CC2)cc1. The van der Waals surface area contributed by atoms with Crippen molar-refractivity contribution < 1.29 is 19.4 Å². The second kappa shape index (κ2) is 10.4. The number of carboxylic acid groups (broad SMARTS) is 1. The summed E-state index contributed by atoms with van der Waals surface area (Å²) in [6.45, 7) is 7.08. The molecule has 1 fully saturated rings. The fourth-order valence-corrected chi connectivity index (χ4v) is 5.29. The zero-order valence-electron chi connectivity index (χ0n) is 18.6.